The van der Waals surface area contributed by atoms with E-state index in [1.165, 1.54) is 4.90 Å². The Bertz CT molecular complexity index is 665. The van der Waals surface area contributed by atoms with Crippen LogP contribution >= 0.6 is 0 Å². The predicted molar refractivity (Wildman–Crippen MR) is 77.2 cm³/mol. The molecule has 6 nitrogen and oxygen atoms in total. The summed E-state index contributed by atoms with van der Waals surface area (Å²) >= 11 is 0. The lowest BCUT2D eigenvalue weighted by Gasteiger charge is -2.15. The molecule has 0 spiro atoms. The molecule has 2 amide bonds. The standard InChI is InChI=1S/C15H16N4O2/c16-12-9-17-18(10-12)6-7-19-14(20)8-13(15(19)21)11-4-2-1-3-5-11/h1-5,9-10,13H,6-8,16H2. The van der Waals surface area contributed by atoms with Gasteiger partial charge in [0.2, 0.25) is 11.8 Å². The van der Waals surface area contributed by atoms with E-state index in [1.54, 1.807) is 17.1 Å². The van der Waals surface area contributed by atoms with Crippen molar-refractivity contribution in [3.63, 3.8) is 0 Å². The van der Waals surface area contributed by atoms with Gasteiger partial charge in [-0.1, -0.05) is 30.3 Å². The maximum atomic E-state index is 12.4. The second-order valence-corrected chi connectivity index (χ2v) is 5.09. The van der Waals surface area contributed by atoms with Crippen LogP contribution in [0.25, 0.3) is 0 Å². The van der Waals surface area contributed by atoms with Crippen molar-refractivity contribution >= 4 is 17.5 Å². The fourth-order valence-electron chi connectivity index (χ4n) is 2.57. The number of rotatable bonds is 4. The molecule has 0 aliphatic carbocycles. The highest BCUT2D eigenvalue weighted by atomic mass is 16.2. The van der Waals surface area contributed by atoms with Gasteiger partial charge >= 0.3 is 0 Å². The van der Waals surface area contributed by atoms with Crippen LogP contribution in [0, 0.1) is 0 Å². The maximum absolute atomic E-state index is 12.4. The van der Waals surface area contributed by atoms with Crippen LogP contribution in [-0.2, 0) is 16.1 Å². The molecular formula is C15H16N4O2. The molecule has 1 aromatic carbocycles. The van der Waals surface area contributed by atoms with Crippen LogP contribution in [-0.4, -0.2) is 33.0 Å². The van der Waals surface area contributed by atoms with Crippen LogP contribution in [0.4, 0.5) is 5.69 Å². The molecule has 2 N–H and O–H groups in total. The van der Waals surface area contributed by atoms with E-state index in [0.717, 1.165) is 5.56 Å². The second kappa shape index (κ2) is 5.40. The molecule has 1 aliphatic heterocycles. The second-order valence-electron chi connectivity index (χ2n) is 5.09. The summed E-state index contributed by atoms with van der Waals surface area (Å²) in [6, 6.07) is 9.41. The van der Waals surface area contributed by atoms with Gasteiger partial charge in [-0.05, 0) is 5.56 Å². The molecule has 0 bridgehead atoms. The number of amides is 2. The summed E-state index contributed by atoms with van der Waals surface area (Å²) in [5.74, 6) is -0.623. The number of benzene rings is 1. The van der Waals surface area contributed by atoms with Gasteiger partial charge in [0.25, 0.3) is 0 Å². The Morgan fingerprint density at radius 2 is 1.95 bits per heavy atom. The third-order valence-electron chi connectivity index (χ3n) is 3.65. The molecule has 21 heavy (non-hydrogen) atoms. The van der Waals surface area contributed by atoms with E-state index in [-0.39, 0.29) is 24.2 Å². The minimum atomic E-state index is -0.360. The molecule has 0 radical (unpaired) electrons. The van der Waals surface area contributed by atoms with Crippen molar-refractivity contribution in [3.05, 3.63) is 48.3 Å². The molecule has 1 fully saturated rings. The highest BCUT2D eigenvalue weighted by Crippen LogP contribution is 2.29. The lowest BCUT2D eigenvalue weighted by Crippen LogP contribution is -2.33. The third-order valence-corrected chi connectivity index (χ3v) is 3.65. The summed E-state index contributed by atoms with van der Waals surface area (Å²) < 4.78 is 1.63. The van der Waals surface area contributed by atoms with Crippen molar-refractivity contribution in [1.82, 2.24) is 14.7 Å². The Labute approximate surface area is 122 Å². The SMILES string of the molecule is Nc1cnn(CCN2C(=O)CC(c3ccccc3)C2=O)c1. The van der Waals surface area contributed by atoms with Gasteiger partial charge in [0, 0.05) is 19.2 Å². The Morgan fingerprint density at radius 3 is 2.62 bits per heavy atom. The number of carbonyl (C=O) groups excluding carboxylic acids is 2. The lowest BCUT2D eigenvalue weighted by molar-refractivity contribution is -0.138. The number of anilines is 1. The van der Waals surface area contributed by atoms with E-state index >= 15 is 0 Å². The largest absolute Gasteiger partial charge is 0.396 e. The number of imide groups is 1. The number of hydrogen-bond acceptors (Lipinski definition) is 4. The van der Waals surface area contributed by atoms with E-state index in [1.807, 2.05) is 30.3 Å². The van der Waals surface area contributed by atoms with E-state index in [4.69, 9.17) is 5.73 Å². The number of nitrogen functional groups attached to an aromatic ring is 1. The van der Waals surface area contributed by atoms with Gasteiger partial charge < -0.3 is 5.73 Å². The normalized spacial score (nSPS) is 18.5. The van der Waals surface area contributed by atoms with Crippen molar-refractivity contribution in [3.8, 4) is 0 Å². The molecular weight excluding hydrogens is 268 g/mol. The number of carbonyl (C=O) groups is 2. The van der Waals surface area contributed by atoms with Crippen LogP contribution < -0.4 is 5.73 Å². The van der Waals surface area contributed by atoms with E-state index in [9.17, 15) is 9.59 Å². The van der Waals surface area contributed by atoms with Crippen molar-refractivity contribution in [2.75, 3.05) is 12.3 Å². The summed E-state index contributed by atoms with van der Waals surface area (Å²) in [4.78, 5) is 25.8. The Balaban J connectivity index is 1.69. The summed E-state index contributed by atoms with van der Waals surface area (Å²) in [5, 5.41) is 4.05. The predicted octanol–water partition coefficient (Wildman–Crippen LogP) is 1.01. The molecule has 3 rings (SSSR count). The van der Waals surface area contributed by atoms with Crippen LogP contribution in [0.2, 0.25) is 0 Å². The average Bonchev–Trinajstić information content (AvgIpc) is 3.02. The van der Waals surface area contributed by atoms with Crippen molar-refractivity contribution in [2.24, 2.45) is 0 Å². The van der Waals surface area contributed by atoms with E-state index in [2.05, 4.69) is 5.10 Å². The van der Waals surface area contributed by atoms with Crippen LogP contribution in [0.3, 0.4) is 0 Å². The molecule has 0 saturated carbocycles. The number of hydrogen-bond donors (Lipinski definition) is 1. The highest BCUT2D eigenvalue weighted by molar-refractivity contribution is 6.06. The molecule has 6 heteroatoms. The van der Waals surface area contributed by atoms with Crippen molar-refractivity contribution < 1.29 is 9.59 Å². The zero-order valence-corrected chi connectivity index (χ0v) is 11.5. The molecule has 1 aromatic heterocycles. The molecule has 1 saturated heterocycles. The van der Waals surface area contributed by atoms with Crippen LogP contribution in [0.15, 0.2) is 42.7 Å². The van der Waals surface area contributed by atoms with Gasteiger partial charge in [-0.25, -0.2) is 0 Å². The molecule has 2 aromatic rings. The van der Waals surface area contributed by atoms with E-state index in [0.29, 0.717) is 18.8 Å². The van der Waals surface area contributed by atoms with Gasteiger partial charge in [-0.15, -0.1) is 0 Å². The summed E-state index contributed by atoms with van der Waals surface area (Å²) in [6.07, 6.45) is 3.46. The van der Waals surface area contributed by atoms with Gasteiger partial charge in [0.05, 0.1) is 24.3 Å². The highest BCUT2D eigenvalue weighted by Gasteiger charge is 2.38. The minimum absolute atomic E-state index is 0.131. The average molecular weight is 284 g/mol. The Hall–Kier alpha value is -2.63. The zero-order chi connectivity index (χ0) is 14.8. The first-order valence-electron chi connectivity index (χ1n) is 6.82. The first-order chi connectivity index (χ1) is 10.1. The van der Waals surface area contributed by atoms with Gasteiger partial charge in [-0.3, -0.25) is 19.2 Å². The van der Waals surface area contributed by atoms with Gasteiger partial charge in [0.1, 0.15) is 0 Å². The number of aromatic nitrogens is 2. The van der Waals surface area contributed by atoms with Crippen molar-refractivity contribution in [2.45, 2.75) is 18.9 Å². The van der Waals surface area contributed by atoms with E-state index < -0.39 is 0 Å². The monoisotopic (exact) mass is 284 g/mol. The maximum Gasteiger partial charge on any atom is 0.237 e. The number of nitrogens with zero attached hydrogens (tertiary/aromatic N) is 3. The molecule has 1 unspecified atom stereocenters. The quantitative estimate of drug-likeness (QED) is 0.849. The fourth-order valence-corrected chi connectivity index (χ4v) is 2.57. The summed E-state index contributed by atoms with van der Waals surface area (Å²) in [7, 11) is 0. The fraction of sp³-hybridized carbons (Fsp3) is 0.267. The molecule has 1 atom stereocenters. The molecule has 1 aliphatic rings. The topological polar surface area (TPSA) is 81.2 Å². The van der Waals surface area contributed by atoms with Crippen LogP contribution in [0.1, 0.15) is 17.9 Å². The summed E-state index contributed by atoms with van der Waals surface area (Å²) in [6.45, 7) is 0.776. The Kier molecular flexibility index (Phi) is 3.43. The van der Waals surface area contributed by atoms with Crippen LogP contribution in [0.5, 0.6) is 0 Å². The Morgan fingerprint density at radius 1 is 1.19 bits per heavy atom. The third kappa shape index (κ3) is 2.65. The first kappa shape index (κ1) is 13.4. The number of nitrogens with two attached hydrogens (primary N) is 1. The molecule has 2 heterocycles. The van der Waals surface area contributed by atoms with Crippen molar-refractivity contribution in [1.29, 1.82) is 0 Å². The minimum Gasteiger partial charge on any atom is -0.396 e. The smallest absolute Gasteiger partial charge is 0.237 e. The summed E-state index contributed by atoms with van der Waals surface area (Å²) in [5.41, 5.74) is 7.04. The first-order valence-corrected chi connectivity index (χ1v) is 6.82. The van der Waals surface area contributed by atoms with Gasteiger partial charge in [0.15, 0.2) is 0 Å². The number of likely N-dealkylation sites (tertiary alicyclic amines) is 1. The van der Waals surface area contributed by atoms with Gasteiger partial charge in [-0.2, -0.15) is 5.10 Å². The zero-order valence-electron chi connectivity index (χ0n) is 11.5. The molecule has 108 valence electrons. The lowest BCUT2D eigenvalue weighted by atomic mass is 9.98.